The van der Waals surface area contributed by atoms with Gasteiger partial charge in [0.25, 0.3) is 5.91 Å². The first-order chi connectivity index (χ1) is 12.1. The van der Waals surface area contributed by atoms with Gasteiger partial charge in [-0.15, -0.1) is 16.4 Å². The van der Waals surface area contributed by atoms with E-state index in [0.29, 0.717) is 18.1 Å². The molecule has 0 fully saturated rings. The zero-order valence-corrected chi connectivity index (χ0v) is 14.2. The number of amides is 1. The Bertz CT molecular complexity index is 912. The molecule has 0 N–H and O–H groups in total. The maximum absolute atomic E-state index is 13.2. The van der Waals surface area contributed by atoms with Crippen LogP contribution in [0.1, 0.15) is 17.0 Å². The van der Waals surface area contributed by atoms with E-state index in [9.17, 15) is 9.18 Å². The molecular formula is C17H14FN5OS. The van der Waals surface area contributed by atoms with Gasteiger partial charge >= 0.3 is 0 Å². The highest BCUT2D eigenvalue weighted by Gasteiger charge is 2.21. The number of halogens is 1. The van der Waals surface area contributed by atoms with Crippen LogP contribution in [0.25, 0.3) is 16.4 Å². The second kappa shape index (κ2) is 7.23. The maximum atomic E-state index is 13.2. The molecule has 3 aromatic rings. The van der Waals surface area contributed by atoms with Gasteiger partial charge in [-0.2, -0.15) is 5.26 Å². The number of nitriles is 1. The molecule has 6 nitrogen and oxygen atoms in total. The highest BCUT2D eigenvalue weighted by Crippen LogP contribution is 2.26. The minimum Gasteiger partial charge on any atom is -0.338 e. The number of carbonyl (C=O) groups excluding carboxylic acids is 1. The smallest absolute Gasteiger partial charge is 0.293 e. The van der Waals surface area contributed by atoms with Crippen LogP contribution in [0.15, 0.2) is 41.8 Å². The van der Waals surface area contributed by atoms with Crippen LogP contribution in [0.4, 0.5) is 4.39 Å². The van der Waals surface area contributed by atoms with Crippen molar-refractivity contribution in [2.75, 3.05) is 13.6 Å². The first-order valence-electron chi connectivity index (χ1n) is 7.49. The van der Waals surface area contributed by atoms with Crippen molar-refractivity contribution in [3.05, 3.63) is 53.4 Å². The molecule has 25 heavy (non-hydrogen) atoms. The molecule has 2 heterocycles. The minimum absolute atomic E-state index is 0.0353. The Morgan fingerprint density at radius 2 is 2.12 bits per heavy atom. The van der Waals surface area contributed by atoms with Crippen LogP contribution >= 0.6 is 11.3 Å². The van der Waals surface area contributed by atoms with Crippen molar-refractivity contribution < 1.29 is 9.18 Å². The van der Waals surface area contributed by atoms with Gasteiger partial charge in [0.2, 0.25) is 5.82 Å². The molecule has 0 spiro atoms. The summed E-state index contributed by atoms with van der Waals surface area (Å²) in [4.78, 5) is 19.1. The average molecular weight is 355 g/mol. The van der Waals surface area contributed by atoms with Gasteiger partial charge in [0.05, 0.1) is 23.1 Å². The molecule has 1 amide bonds. The van der Waals surface area contributed by atoms with E-state index in [4.69, 9.17) is 5.26 Å². The summed E-state index contributed by atoms with van der Waals surface area (Å²) in [5, 5.41) is 14.9. The van der Waals surface area contributed by atoms with Crippen molar-refractivity contribution in [3.63, 3.8) is 0 Å². The van der Waals surface area contributed by atoms with Gasteiger partial charge in [0.1, 0.15) is 5.82 Å². The second-order valence-corrected chi connectivity index (χ2v) is 6.21. The fraction of sp³-hybridized carbons (Fsp3) is 0.176. The number of nitrogens with zero attached hydrogens (tertiary/aromatic N) is 5. The number of benzene rings is 1. The van der Waals surface area contributed by atoms with E-state index in [-0.39, 0.29) is 24.0 Å². The fourth-order valence-electron chi connectivity index (χ4n) is 2.22. The lowest BCUT2D eigenvalue weighted by molar-refractivity contribution is 0.0786. The Hall–Kier alpha value is -3.05. The van der Waals surface area contributed by atoms with Crippen LogP contribution in [-0.2, 0) is 0 Å². The SMILES string of the molecule is CN(CCC#N)C(=O)c1nc(-c2cccs2)n(-c2ccc(F)cc2)n1. The van der Waals surface area contributed by atoms with E-state index in [1.165, 1.54) is 33.1 Å². The van der Waals surface area contributed by atoms with Crippen molar-refractivity contribution in [1.82, 2.24) is 19.7 Å². The largest absolute Gasteiger partial charge is 0.338 e. The third kappa shape index (κ3) is 3.56. The first-order valence-corrected chi connectivity index (χ1v) is 8.37. The molecule has 3 rings (SSSR count). The summed E-state index contributed by atoms with van der Waals surface area (Å²) in [6.45, 7) is 0.300. The Morgan fingerprint density at radius 3 is 2.76 bits per heavy atom. The number of rotatable bonds is 5. The normalized spacial score (nSPS) is 10.4. The third-order valence-electron chi connectivity index (χ3n) is 3.52. The van der Waals surface area contributed by atoms with Crippen LogP contribution in [0, 0.1) is 17.1 Å². The molecule has 0 saturated heterocycles. The van der Waals surface area contributed by atoms with Crippen molar-refractivity contribution in [2.45, 2.75) is 6.42 Å². The summed E-state index contributed by atoms with van der Waals surface area (Å²) in [5.41, 5.74) is 0.607. The van der Waals surface area contributed by atoms with Gasteiger partial charge in [0.15, 0.2) is 5.82 Å². The van der Waals surface area contributed by atoms with Crippen molar-refractivity contribution in [3.8, 4) is 22.5 Å². The van der Waals surface area contributed by atoms with Crippen molar-refractivity contribution in [1.29, 1.82) is 5.26 Å². The Kier molecular flexibility index (Phi) is 4.86. The lowest BCUT2D eigenvalue weighted by Crippen LogP contribution is -2.28. The predicted octanol–water partition coefficient (Wildman–Crippen LogP) is 3.12. The van der Waals surface area contributed by atoms with E-state index in [2.05, 4.69) is 10.1 Å². The number of carbonyl (C=O) groups is 1. The van der Waals surface area contributed by atoms with E-state index < -0.39 is 0 Å². The third-order valence-corrected chi connectivity index (χ3v) is 4.38. The monoisotopic (exact) mass is 355 g/mol. The maximum Gasteiger partial charge on any atom is 0.293 e. The Morgan fingerprint density at radius 1 is 1.36 bits per heavy atom. The molecule has 0 saturated carbocycles. The molecule has 1 aromatic carbocycles. The van der Waals surface area contributed by atoms with E-state index in [1.807, 2.05) is 23.6 Å². The summed E-state index contributed by atoms with van der Waals surface area (Å²) in [7, 11) is 1.60. The zero-order chi connectivity index (χ0) is 17.8. The number of thiophene rings is 1. The molecule has 2 aromatic heterocycles. The number of aromatic nitrogens is 3. The van der Waals surface area contributed by atoms with E-state index in [0.717, 1.165) is 4.88 Å². The van der Waals surface area contributed by atoms with Gasteiger partial charge in [-0.1, -0.05) is 6.07 Å². The van der Waals surface area contributed by atoms with Gasteiger partial charge < -0.3 is 4.90 Å². The lowest BCUT2D eigenvalue weighted by Gasteiger charge is -2.12. The zero-order valence-electron chi connectivity index (χ0n) is 13.4. The standard InChI is InChI=1S/C17H14FN5OS/c1-22(10-3-9-19)17(24)15-20-16(14-4-2-11-25-14)23(21-15)13-7-5-12(18)6-8-13/h2,4-8,11H,3,10H2,1H3. The van der Waals surface area contributed by atoms with Crippen LogP contribution in [0.2, 0.25) is 0 Å². The average Bonchev–Trinajstić information content (AvgIpc) is 3.28. The highest BCUT2D eigenvalue weighted by molar-refractivity contribution is 7.13. The van der Waals surface area contributed by atoms with E-state index >= 15 is 0 Å². The molecule has 0 bridgehead atoms. The van der Waals surface area contributed by atoms with Gasteiger partial charge in [0, 0.05) is 13.6 Å². The van der Waals surface area contributed by atoms with Crippen molar-refractivity contribution in [2.24, 2.45) is 0 Å². The molecule has 0 aliphatic carbocycles. The Balaban J connectivity index is 2.02. The summed E-state index contributed by atoms with van der Waals surface area (Å²) >= 11 is 1.47. The second-order valence-electron chi connectivity index (χ2n) is 5.26. The number of hydrogen-bond donors (Lipinski definition) is 0. The minimum atomic E-state index is -0.367. The molecule has 8 heteroatoms. The highest BCUT2D eigenvalue weighted by atomic mass is 32.1. The molecule has 0 atom stereocenters. The van der Waals surface area contributed by atoms with Crippen LogP contribution in [0.5, 0.6) is 0 Å². The molecule has 0 aliphatic heterocycles. The number of hydrogen-bond acceptors (Lipinski definition) is 5. The fourth-order valence-corrected chi connectivity index (χ4v) is 2.92. The summed E-state index contributed by atoms with van der Waals surface area (Å²) in [6, 6.07) is 11.6. The summed E-state index contributed by atoms with van der Waals surface area (Å²) in [5.74, 6) is -0.171. The molecular weight excluding hydrogens is 341 g/mol. The van der Waals surface area contributed by atoms with Gasteiger partial charge in [-0.3, -0.25) is 4.79 Å². The summed E-state index contributed by atoms with van der Waals surface area (Å²) < 4.78 is 14.7. The summed E-state index contributed by atoms with van der Waals surface area (Å²) in [6.07, 6.45) is 0.235. The van der Waals surface area contributed by atoms with Crippen molar-refractivity contribution >= 4 is 17.2 Å². The molecule has 126 valence electrons. The van der Waals surface area contributed by atoms with Crippen LogP contribution < -0.4 is 0 Å². The molecule has 0 radical (unpaired) electrons. The first kappa shape index (κ1) is 16.8. The molecule has 0 aliphatic rings. The predicted molar refractivity (Wildman–Crippen MR) is 91.8 cm³/mol. The van der Waals surface area contributed by atoms with Crippen LogP contribution in [-0.4, -0.2) is 39.2 Å². The lowest BCUT2D eigenvalue weighted by atomic mass is 10.3. The van der Waals surface area contributed by atoms with Gasteiger partial charge in [-0.25, -0.2) is 14.1 Å². The van der Waals surface area contributed by atoms with Gasteiger partial charge in [-0.05, 0) is 35.7 Å². The Labute approximate surface area is 147 Å². The van der Waals surface area contributed by atoms with E-state index in [1.54, 1.807) is 19.2 Å². The topological polar surface area (TPSA) is 74.8 Å². The molecule has 0 unspecified atom stereocenters. The van der Waals surface area contributed by atoms with Crippen LogP contribution in [0.3, 0.4) is 0 Å². The quantitative estimate of drug-likeness (QED) is 0.705.